The standard InChI is InChI=1S/C17H21N3O2/c18-9-13-1-3-14(4-2-13)10-20-11-15(16(19)21)17(12-20)5-7-22-8-6-17/h1-4,15H,5-8,10-12H2,(H2,19,21). The van der Waals surface area contributed by atoms with Crippen LogP contribution in [0.5, 0.6) is 0 Å². The molecule has 1 atom stereocenters. The Bertz CT molecular complexity index is 585. The van der Waals surface area contributed by atoms with Gasteiger partial charge in [0, 0.05) is 38.3 Å². The number of benzene rings is 1. The predicted molar refractivity (Wildman–Crippen MR) is 81.6 cm³/mol. The average molecular weight is 299 g/mol. The van der Waals surface area contributed by atoms with E-state index in [4.69, 9.17) is 15.7 Å². The highest BCUT2D eigenvalue weighted by atomic mass is 16.5. The molecule has 0 aliphatic carbocycles. The molecule has 116 valence electrons. The van der Waals surface area contributed by atoms with Gasteiger partial charge >= 0.3 is 0 Å². The lowest BCUT2D eigenvalue weighted by atomic mass is 9.72. The summed E-state index contributed by atoms with van der Waals surface area (Å²) < 4.78 is 5.46. The maximum absolute atomic E-state index is 11.9. The molecule has 1 aromatic rings. The fourth-order valence-electron chi connectivity index (χ4n) is 3.81. The smallest absolute Gasteiger partial charge is 0.222 e. The van der Waals surface area contributed by atoms with E-state index in [9.17, 15) is 4.79 Å². The van der Waals surface area contributed by atoms with Gasteiger partial charge in [0.15, 0.2) is 0 Å². The Hall–Kier alpha value is -1.90. The lowest BCUT2D eigenvalue weighted by Gasteiger charge is -2.36. The quantitative estimate of drug-likeness (QED) is 0.911. The molecule has 2 N–H and O–H groups in total. The molecule has 2 aliphatic rings. The summed E-state index contributed by atoms with van der Waals surface area (Å²) >= 11 is 0. The van der Waals surface area contributed by atoms with Crippen molar-refractivity contribution >= 4 is 5.91 Å². The van der Waals surface area contributed by atoms with Crippen LogP contribution in [0.1, 0.15) is 24.0 Å². The maximum Gasteiger partial charge on any atom is 0.222 e. The lowest BCUT2D eigenvalue weighted by molar-refractivity contribution is -0.126. The molecule has 3 rings (SSSR count). The first-order valence-electron chi connectivity index (χ1n) is 7.71. The first-order chi connectivity index (χ1) is 10.6. The van der Waals surface area contributed by atoms with E-state index in [1.165, 1.54) is 0 Å². The van der Waals surface area contributed by atoms with E-state index in [1.807, 2.05) is 24.3 Å². The Balaban J connectivity index is 1.73. The zero-order chi connectivity index (χ0) is 15.6. The minimum absolute atomic E-state index is 0.0172. The summed E-state index contributed by atoms with van der Waals surface area (Å²) in [5.74, 6) is -0.279. The number of likely N-dealkylation sites (tertiary alicyclic amines) is 1. The predicted octanol–water partition coefficient (Wildman–Crippen LogP) is 1.27. The zero-order valence-corrected chi connectivity index (χ0v) is 12.6. The highest BCUT2D eigenvalue weighted by molar-refractivity contribution is 5.78. The van der Waals surface area contributed by atoms with Gasteiger partial charge in [-0.2, -0.15) is 5.26 Å². The van der Waals surface area contributed by atoms with E-state index in [0.29, 0.717) is 18.8 Å². The minimum Gasteiger partial charge on any atom is -0.381 e. The van der Waals surface area contributed by atoms with Gasteiger partial charge < -0.3 is 10.5 Å². The number of amides is 1. The minimum atomic E-state index is -0.191. The average Bonchev–Trinajstić information content (AvgIpc) is 2.86. The topological polar surface area (TPSA) is 79.4 Å². The van der Waals surface area contributed by atoms with Crippen LogP contribution in [0, 0.1) is 22.7 Å². The Kier molecular flexibility index (Phi) is 4.14. The van der Waals surface area contributed by atoms with Gasteiger partial charge in [0.2, 0.25) is 5.91 Å². The SMILES string of the molecule is N#Cc1ccc(CN2CC(C(N)=O)C3(CCOCC3)C2)cc1. The third-order valence-corrected chi connectivity index (χ3v) is 5.04. The third-order valence-electron chi connectivity index (χ3n) is 5.04. The number of nitrogens with two attached hydrogens (primary N) is 1. The van der Waals surface area contributed by atoms with Crippen molar-refractivity contribution in [3.05, 3.63) is 35.4 Å². The molecule has 5 nitrogen and oxygen atoms in total. The summed E-state index contributed by atoms with van der Waals surface area (Å²) in [6.45, 7) is 3.83. The van der Waals surface area contributed by atoms with Crippen LogP contribution >= 0.6 is 0 Å². The molecule has 1 spiro atoms. The molecule has 1 amide bonds. The summed E-state index contributed by atoms with van der Waals surface area (Å²) in [4.78, 5) is 14.2. The van der Waals surface area contributed by atoms with E-state index >= 15 is 0 Å². The van der Waals surface area contributed by atoms with Crippen LogP contribution in [-0.2, 0) is 16.1 Å². The van der Waals surface area contributed by atoms with E-state index in [-0.39, 0.29) is 17.2 Å². The zero-order valence-electron chi connectivity index (χ0n) is 12.6. The monoisotopic (exact) mass is 299 g/mol. The number of ether oxygens (including phenoxy) is 1. The molecule has 0 saturated carbocycles. The second-order valence-corrected chi connectivity index (χ2v) is 6.41. The van der Waals surface area contributed by atoms with Gasteiger partial charge in [0.25, 0.3) is 0 Å². The van der Waals surface area contributed by atoms with Crippen LogP contribution in [0.4, 0.5) is 0 Å². The number of hydrogen-bond donors (Lipinski definition) is 1. The lowest BCUT2D eigenvalue weighted by Crippen LogP contribution is -2.42. The molecule has 0 radical (unpaired) electrons. The number of carbonyl (C=O) groups excluding carboxylic acids is 1. The van der Waals surface area contributed by atoms with Gasteiger partial charge in [0.05, 0.1) is 17.6 Å². The van der Waals surface area contributed by atoms with E-state index in [0.717, 1.165) is 38.0 Å². The van der Waals surface area contributed by atoms with Gasteiger partial charge in [-0.25, -0.2) is 0 Å². The van der Waals surface area contributed by atoms with Crippen molar-refractivity contribution in [3.8, 4) is 6.07 Å². The largest absolute Gasteiger partial charge is 0.381 e. The van der Waals surface area contributed by atoms with Gasteiger partial charge in [-0.05, 0) is 30.5 Å². The Morgan fingerprint density at radius 3 is 2.64 bits per heavy atom. The van der Waals surface area contributed by atoms with Crippen LogP contribution in [0.2, 0.25) is 0 Å². The van der Waals surface area contributed by atoms with Crippen LogP contribution in [-0.4, -0.2) is 37.1 Å². The number of carbonyl (C=O) groups is 1. The van der Waals surface area contributed by atoms with E-state index in [1.54, 1.807) is 0 Å². The van der Waals surface area contributed by atoms with Crippen molar-refractivity contribution in [2.75, 3.05) is 26.3 Å². The normalized spacial score (nSPS) is 24.2. The molecule has 1 aromatic carbocycles. The first kappa shape index (κ1) is 15.0. The molecule has 22 heavy (non-hydrogen) atoms. The third kappa shape index (κ3) is 2.85. The molecule has 2 fully saturated rings. The fraction of sp³-hybridized carbons (Fsp3) is 0.529. The van der Waals surface area contributed by atoms with Crippen LogP contribution in [0.25, 0.3) is 0 Å². The van der Waals surface area contributed by atoms with E-state index < -0.39 is 0 Å². The maximum atomic E-state index is 11.9. The van der Waals surface area contributed by atoms with Gasteiger partial charge in [-0.15, -0.1) is 0 Å². The van der Waals surface area contributed by atoms with Gasteiger partial charge in [0.1, 0.15) is 0 Å². The molecule has 0 aromatic heterocycles. The Morgan fingerprint density at radius 1 is 1.36 bits per heavy atom. The molecule has 2 aliphatic heterocycles. The van der Waals surface area contributed by atoms with Crippen molar-refractivity contribution in [3.63, 3.8) is 0 Å². The summed E-state index contributed by atoms with van der Waals surface area (Å²) in [7, 11) is 0. The van der Waals surface area contributed by atoms with Crippen molar-refractivity contribution in [2.45, 2.75) is 19.4 Å². The Labute approximate surface area is 130 Å². The number of nitrogens with zero attached hydrogens (tertiary/aromatic N) is 2. The molecule has 5 heteroatoms. The van der Waals surface area contributed by atoms with Crippen molar-refractivity contribution < 1.29 is 9.53 Å². The molecule has 2 saturated heterocycles. The summed E-state index contributed by atoms with van der Waals surface area (Å²) in [6.07, 6.45) is 1.81. The molecule has 2 heterocycles. The number of rotatable bonds is 3. The van der Waals surface area contributed by atoms with Crippen molar-refractivity contribution in [2.24, 2.45) is 17.1 Å². The number of hydrogen-bond acceptors (Lipinski definition) is 4. The first-order valence-corrected chi connectivity index (χ1v) is 7.71. The Morgan fingerprint density at radius 2 is 2.05 bits per heavy atom. The van der Waals surface area contributed by atoms with Crippen LogP contribution < -0.4 is 5.73 Å². The fourth-order valence-corrected chi connectivity index (χ4v) is 3.81. The van der Waals surface area contributed by atoms with Crippen LogP contribution in [0.3, 0.4) is 0 Å². The summed E-state index contributed by atoms with van der Waals surface area (Å²) in [6, 6.07) is 9.75. The summed E-state index contributed by atoms with van der Waals surface area (Å²) in [5, 5.41) is 8.85. The molecular formula is C17H21N3O2. The second kappa shape index (κ2) is 6.07. The number of nitriles is 1. The van der Waals surface area contributed by atoms with Crippen LogP contribution in [0.15, 0.2) is 24.3 Å². The highest BCUT2D eigenvalue weighted by Gasteiger charge is 2.49. The molecule has 0 bridgehead atoms. The highest BCUT2D eigenvalue weighted by Crippen LogP contribution is 2.44. The van der Waals surface area contributed by atoms with Gasteiger partial charge in [-0.3, -0.25) is 9.69 Å². The molecule has 1 unspecified atom stereocenters. The van der Waals surface area contributed by atoms with E-state index in [2.05, 4.69) is 11.0 Å². The molecular weight excluding hydrogens is 278 g/mol. The second-order valence-electron chi connectivity index (χ2n) is 6.41. The van der Waals surface area contributed by atoms with Gasteiger partial charge in [-0.1, -0.05) is 12.1 Å². The van der Waals surface area contributed by atoms with Crippen molar-refractivity contribution in [1.29, 1.82) is 5.26 Å². The summed E-state index contributed by atoms with van der Waals surface area (Å²) in [5.41, 5.74) is 7.46. The number of primary amides is 1. The van der Waals surface area contributed by atoms with Crippen molar-refractivity contribution in [1.82, 2.24) is 4.90 Å².